The average molecular weight is 212 g/mol. The Balaban J connectivity index is 2.36. The van der Waals surface area contributed by atoms with Gasteiger partial charge in [0.05, 0.1) is 6.61 Å². The van der Waals surface area contributed by atoms with Crippen molar-refractivity contribution in [3.8, 4) is 0 Å². The van der Waals surface area contributed by atoms with Gasteiger partial charge in [-0.15, -0.1) is 0 Å². The Bertz CT molecular complexity index is 205. The molecule has 0 spiro atoms. The third-order valence-electron chi connectivity index (χ3n) is 2.74. The van der Waals surface area contributed by atoms with Crippen LogP contribution in [0.3, 0.4) is 0 Å². The van der Waals surface area contributed by atoms with Gasteiger partial charge in [0.2, 0.25) is 0 Å². The first-order valence-corrected chi connectivity index (χ1v) is 6.15. The van der Waals surface area contributed by atoms with Gasteiger partial charge in [-0.2, -0.15) is 0 Å². The van der Waals surface area contributed by atoms with Crippen molar-refractivity contribution >= 4 is 5.78 Å². The van der Waals surface area contributed by atoms with Crippen LogP contribution in [-0.4, -0.2) is 18.5 Å². The van der Waals surface area contributed by atoms with Crippen molar-refractivity contribution in [3.05, 3.63) is 0 Å². The van der Waals surface area contributed by atoms with Gasteiger partial charge < -0.3 is 4.74 Å². The number of rotatable bonds is 7. The lowest BCUT2D eigenvalue weighted by Crippen LogP contribution is -2.31. The predicted molar refractivity (Wildman–Crippen MR) is 61.8 cm³/mol. The molecule has 1 saturated carbocycles. The first-order chi connectivity index (χ1) is 7.00. The number of hydrogen-bond donors (Lipinski definition) is 0. The third-order valence-corrected chi connectivity index (χ3v) is 2.74. The molecule has 1 aliphatic rings. The van der Waals surface area contributed by atoms with E-state index in [2.05, 4.69) is 27.7 Å². The standard InChI is InChI=1S/C13H24O2/c1-9(2)7-12(14)13(10(3)4)15-8-11-5-6-11/h9-11,13H,5-8H2,1-4H3. The van der Waals surface area contributed by atoms with Crippen LogP contribution in [0.2, 0.25) is 0 Å². The molecule has 0 aromatic rings. The van der Waals surface area contributed by atoms with Crippen LogP contribution in [0, 0.1) is 17.8 Å². The van der Waals surface area contributed by atoms with E-state index in [4.69, 9.17) is 4.74 Å². The normalized spacial score (nSPS) is 18.5. The van der Waals surface area contributed by atoms with Crippen molar-refractivity contribution in [2.45, 2.75) is 53.1 Å². The number of hydrogen-bond acceptors (Lipinski definition) is 2. The Morgan fingerprint density at radius 1 is 1.27 bits per heavy atom. The van der Waals surface area contributed by atoms with E-state index in [-0.39, 0.29) is 11.9 Å². The molecular formula is C13H24O2. The third kappa shape index (κ3) is 4.78. The van der Waals surface area contributed by atoms with Crippen LogP contribution in [0.15, 0.2) is 0 Å². The fourth-order valence-corrected chi connectivity index (χ4v) is 1.70. The molecule has 88 valence electrons. The highest BCUT2D eigenvalue weighted by atomic mass is 16.5. The van der Waals surface area contributed by atoms with Crippen LogP contribution in [0.25, 0.3) is 0 Å². The highest BCUT2D eigenvalue weighted by Gasteiger charge is 2.27. The van der Waals surface area contributed by atoms with Crippen molar-refractivity contribution < 1.29 is 9.53 Å². The van der Waals surface area contributed by atoms with E-state index in [0.717, 1.165) is 12.5 Å². The second-order valence-electron chi connectivity index (χ2n) is 5.51. The zero-order valence-electron chi connectivity index (χ0n) is 10.5. The minimum atomic E-state index is -0.173. The summed E-state index contributed by atoms with van der Waals surface area (Å²) in [6.45, 7) is 9.07. The monoisotopic (exact) mass is 212 g/mol. The summed E-state index contributed by atoms with van der Waals surface area (Å²) in [6.07, 6.45) is 3.04. The summed E-state index contributed by atoms with van der Waals surface area (Å²) in [5, 5.41) is 0. The Morgan fingerprint density at radius 2 is 1.87 bits per heavy atom. The van der Waals surface area contributed by atoms with Gasteiger partial charge in [-0.25, -0.2) is 0 Å². The molecule has 1 rings (SSSR count). The predicted octanol–water partition coefficient (Wildman–Crippen LogP) is 3.05. The van der Waals surface area contributed by atoms with Crippen molar-refractivity contribution in [1.29, 1.82) is 0 Å². The lowest BCUT2D eigenvalue weighted by atomic mass is 9.96. The maximum absolute atomic E-state index is 11.9. The van der Waals surface area contributed by atoms with Crippen LogP contribution in [0.1, 0.15) is 47.0 Å². The molecule has 1 atom stereocenters. The van der Waals surface area contributed by atoms with Gasteiger partial charge in [0, 0.05) is 6.42 Å². The second kappa shape index (κ2) is 5.64. The summed E-state index contributed by atoms with van der Waals surface area (Å²) in [4.78, 5) is 11.9. The molecule has 0 bridgehead atoms. The summed E-state index contributed by atoms with van der Waals surface area (Å²) >= 11 is 0. The minimum absolute atomic E-state index is 0.173. The average Bonchev–Trinajstić information content (AvgIpc) is 2.85. The fraction of sp³-hybridized carbons (Fsp3) is 0.923. The zero-order chi connectivity index (χ0) is 11.4. The van der Waals surface area contributed by atoms with E-state index < -0.39 is 0 Å². The summed E-state index contributed by atoms with van der Waals surface area (Å²) in [5.41, 5.74) is 0. The molecule has 2 heteroatoms. The molecule has 1 aliphatic carbocycles. The van der Waals surface area contributed by atoms with E-state index in [0.29, 0.717) is 18.3 Å². The van der Waals surface area contributed by atoms with Gasteiger partial charge in [0.25, 0.3) is 0 Å². The number of carbonyl (C=O) groups is 1. The first kappa shape index (κ1) is 12.7. The Morgan fingerprint density at radius 3 is 2.27 bits per heavy atom. The van der Waals surface area contributed by atoms with Crippen LogP contribution in [-0.2, 0) is 9.53 Å². The molecule has 0 amide bonds. The Labute approximate surface area is 93.4 Å². The summed E-state index contributed by atoms with van der Waals surface area (Å²) in [7, 11) is 0. The Hall–Kier alpha value is -0.370. The van der Waals surface area contributed by atoms with Gasteiger partial charge >= 0.3 is 0 Å². The lowest BCUT2D eigenvalue weighted by molar-refractivity contribution is -0.134. The molecule has 0 saturated heterocycles. The molecule has 0 heterocycles. The quantitative estimate of drug-likeness (QED) is 0.648. The first-order valence-electron chi connectivity index (χ1n) is 6.15. The summed E-state index contributed by atoms with van der Waals surface area (Å²) in [5.74, 6) is 1.75. The lowest BCUT2D eigenvalue weighted by Gasteiger charge is -2.21. The van der Waals surface area contributed by atoms with Crippen LogP contribution >= 0.6 is 0 Å². The molecular weight excluding hydrogens is 188 g/mol. The van der Waals surface area contributed by atoms with E-state index in [1.165, 1.54) is 12.8 Å². The maximum atomic E-state index is 11.9. The van der Waals surface area contributed by atoms with E-state index in [9.17, 15) is 4.79 Å². The van der Waals surface area contributed by atoms with Crippen molar-refractivity contribution in [2.75, 3.05) is 6.61 Å². The molecule has 1 fully saturated rings. The van der Waals surface area contributed by atoms with Crippen molar-refractivity contribution in [2.24, 2.45) is 17.8 Å². The van der Waals surface area contributed by atoms with Crippen molar-refractivity contribution in [1.82, 2.24) is 0 Å². The van der Waals surface area contributed by atoms with Crippen LogP contribution < -0.4 is 0 Å². The zero-order valence-corrected chi connectivity index (χ0v) is 10.5. The second-order valence-corrected chi connectivity index (χ2v) is 5.51. The molecule has 0 aromatic carbocycles. The van der Waals surface area contributed by atoms with Gasteiger partial charge in [-0.05, 0) is 30.6 Å². The van der Waals surface area contributed by atoms with Crippen LogP contribution in [0.4, 0.5) is 0 Å². The topological polar surface area (TPSA) is 26.3 Å². The number of ether oxygens (including phenoxy) is 1. The summed E-state index contributed by atoms with van der Waals surface area (Å²) < 4.78 is 5.74. The molecule has 0 aromatic heterocycles. The molecule has 0 N–H and O–H groups in total. The highest BCUT2D eigenvalue weighted by Crippen LogP contribution is 2.30. The van der Waals surface area contributed by atoms with Gasteiger partial charge in [0.15, 0.2) is 5.78 Å². The molecule has 2 nitrogen and oxygen atoms in total. The number of carbonyl (C=O) groups excluding carboxylic acids is 1. The number of Topliss-reactive ketones (excluding diaryl/α,β-unsaturated/α-hetero) is 1. The molecule has 1 unspecified atom stereocenters. The van der Waals surface area contributed by atoms with Gasteiger partial charge in [-0.1, -0.05) is 27.7 Å². The van der Waals surface area contributed by atoms with E-state index in [1.807, 2.05) is 0 Å². The van der Waals surface area contributed by atoms with E-state index in [1.54, 1.807) is 0 Å². The smallest absolute Gasteiger partial charge is 0.162 e. The highest BCUT2D eigenvalue weighted by molar-refractivity contribution is 5.83. The SMILES string of the molecule is CC(C)CC(=O)C(OCC1CC1)C(C)C. The fourth-order valence-electron chi connectivity index (χ4n) is 1.70. The minimum Gasteiger partial charge on any atom is -0.370 e. The Kier molecular flexibility index (Phi) is 4.78. The maximum Gasteiger partial charge on any atom is 0.162 e. The van der Waals surface area contributed by atoms with Crippen molar-refractivity contribution in [3.63, 3.8) is 0 Å². The van der Waals surface area contributed by atoms with Gasteiger partial charge in [0.1, 0.15) is 6.10 Å². The van der Waals surface area contributed by atoms with Crippen LogP contribution in [0.5, 0.6) is 0 Å². The number of ketones is 1. The van der Waals surface area contributed by atoms with E-state index >= 15 is 0 Å². The molecule has 0 radical (unpaired) electrons. The largest absolute Gasteiger partial charge is 0.370 e. The summed E-state index contributed by atoms with van der Waals surface area (Å²) in [6, 6.07) is 0. The van der Waals surface area contributed by atoms with Gasteiger partial charge in [-0.3, -0.25) is 4.79 Å². The molecule has 0 aliphatic heterocycles. The molecule has 15 heavy (non-hydrogen) atoms.